The van der Waals surface area contributed by atoms with E-state index in [1.807, 2.05) is 0 Å². The standard InChI is InChI=1S/C13H11BrClFO3/c1-13(2,3)8-7-9(16)6(15)4-5(14)10(7)19-11(8)12(17)18/h4H,1-3H3,(H,17,18). The fourth-order valence-corrected chi connectivity index (χ4v) is 2.88. The number of benzene rings is 1. The van der Waals surface area contributed by atoms with Crippen LogP contribution in [-0.2, 0) is 5.41 Å². The number of rotatable bonds is 1. The number of hydrogen-bond donors (Lipinski definition) is 1. The van der Waals surface area contributed by atoms with E-state index in [0.29, 0.717) is 10.0 Å². The summed E-state index contributed by atoms with van der Waals surface area (Å²) in [6.45, 7) is 5.37. The summed E-state index contributed by atoms with van der Waals surface area (Å²) >= 11 is 9.02. The zero-order valence-corrected chi connectivity index (χ0v) is 12.8. The summed E-state index contributed by atoms with van der Waals surface area (Å²) in [4.78, 5) is 11.3. The van der Waals surface area contributed by atoms with Gasteiger partial charge in [-0.3, -0.25) is 0 Å². The number of carboxylic acid groups (broad SMARTS) is 1. The number of carboxylic acids is 1. The zero-order valence-electron chi connectivity index (χ0n) is 10.5. The van der Waals surface area contributed by atoms with Crippen LogP contribution in [0.4, 0.5) is 4.39 Å². The smallest absolute Gasteiger partial charge is 0.372 e. The molecule has 0 fully saturated rings. The summed E-state index contributed by atoms with van der Waals surface area (Å²) in [5.74, 6) is -2.16. The number of aromatic carboxylic acids is 1. The molecule has 0 aliphatic carbocycles. The number of fused-ring (bicyclic) bond motifs is 1. The average molecular weight is 350 g/mol. The van der Waals surface area contributed by atoms with E-state index in [0.717, 1.165) is 0 Å². The second kappa shape index (κ2) is 4.49. The molecule has 102 valence electrons. The van der Waals surface area contributed by atoms with E-state index < -0.39 is 17.2 Å². The predicted octanol–water partition coefficient (Wildman–Crippen LogP) is 4.98. The molecule has 1 aromatic heterocycles. The lowest BCUT2D eigenvalue weighted by molar-refractivity contribution is 0.0661. The maximum Gasteiger partial charge on any atom is 0.372 e. The van der Waals surface area contributed by atoms with Crippen LogP contribution in [0.2, 0.25) is 5.02 Å². The highest BCUT2D eigenvalue weighted by molar-refractivity contribution is 9.10. The van der Waals surface area contributed by atoms with Gasteiger partial charge < -0.3 is 9.52 Å². The molecule has 3 nitrogen and oxygen atoms in total. The van der Waals surface area contributed by atoms with Crippen molar-refractivity contribution in [2.45, 2.75) is 26.2 Å². The van der Waals surface area contributed by atoms with Crippen LogP contribution in [0.25, 0.3) is 11.0 Å². The first kappa shape index (κ1) is 14.3. The van der Waals surface area contributed by atoms with Crippen LogP contribution in [0.5, 0.6) is 0 Å². The lowest BCUT2D eigenvalue weighted by Crippen LogP contribution is -2.15. The minimum absolute atomic E-state index is 0.0809. The van der Waals surface area contributed by atoms with Crippen LogP contribution in [0, 0.1) is 5.82 Å². The van der Waals surface area contributed by atoms with Gasteiger partial charge in [0.1, 0.15) is 0 Å². The third-order valence-corrected chi connectivity index (χ3v) is 3.62. The van der Waals surface area contributed by atoms with Gasteiger partial charge in [0, 0.05) is 5.56 Å². The molecule has 0 saturated carbocycles. The highest BCUT2D eigenvalue weighted by atomic mass is 79.9. The van der Waals surface area contributed by atoms with Crippen LogP contribution < -0.4 is 0 Å². The first-order valence-electron chi connectivity index (χ1n) is 5.48. The van der Waals surface area contributed by atoms with E-state index in [1.165, 1.54) is 6.07 Å². The van der Waals surface area contributed by atoms with Gasteiger partial charge in [0.15, 0.2) is 11.4 Å². The van der Waals surface area contributed by atoms with Gasteiger partial charge in [-0.2, -0.15) is 0 Å². The lowest BCUT2D eigenvalue weighted by atomic mass is 9.84. The van der Waals surface area contributed by atoms with Gasteiger partial charge in [-0.1, -0.05) is 32.4 Å². The van der Waals surface area contributed by atoms with Gasteiger partial charge in [0.25, 0.3) is 0 Å². The van der Waals surface area contributed by atoms with Crippen molar-refractivity contribution in [3.05, 3.63) is 32.7 Å². The van der Waals surface area contributed by atoms with Crippen LogP contribution in [0.1, 0.15) is 36.9 Å². The Kier molecular flexibility index (Phi) is 3.39. The predicted molar refractivity (Wildman–Crippen MR) is 74.5 cm³/mol. The highest BCUT2D eigenvalue weighted by Gasteiger charge is 2.32. The molecule has 0 spiro atoms. The molecular formula is C13H11BrClFO3. The van der Waals surface area contributed by atoms with Gasteiger partial charge in [0.2, 0.25) is 5.76 Å². The molecule has 0 saturated heterocycles. The molecule has 0 atom stereocenters. The molecule has 0 bridgehead atoms. The minimum atomic E-state index is -1.23. The van der Waals surface area contributed by atoms with Gasteiger partial charge in [0.05, 0.1) is 14.9 Å². The second-order valence-electron chi connectivity index (χ2n) is 5.22. The molecule has 2 aromatic rings. The summed E-state index contributed by atoms with van der Waals surface area (Å²) in [5, 5.41) is 9.25. The molecule has 0 aliphatic heterocycles. The maximum atomic E-state index is 14.2. The fraction of sp³-hybridized carbons (Fsp3) is 0.308. The summed E-state index contributed by atoms with van der Waals surface area (Å²) in [6, 6.07) is 1.35. The molecule has 6 heteroatoms. The molecule has 1 N–H and O–H groups in total. The Balaban J connectivity index is 3.05. The molecule has 0 aliphatic rings. The number of halogens is 3. The van der Waals surface area contributed by atoms with Crippen molar-refractivity contribution in [1.82, 2.24) is 0 Å². The normalized spacial score (nSPS) is 12.1. The number of hydrogen-bond acceptors (Lipinski definition) is 2. The van der Waals surface area contributed by atoms with Crippen molar-refractivity contribution in [1.29, 1.82) is 0 Å². The Morgan fingerprint density at radius 1 is 1.47 bits per heavy atom. The highest BCUT2D eigenvalue weighted by Crippen LogP contribution is 2.41. The van der Waals surface area contributed by atoms with E-state index in [9.17, 15) is 14.3 Å². The van der Waals surface area contributed by atoms with Crippen molar-refractivity contribution in [3.8, 4) is 0 Å². The third kappa shape index (κ3) is 2.25. The molecule has 0 radical (unpaired) electrons. The van der Waals surface area contributed by atoms with Crippen molar-refractivity contribution < 1.29 is 18.7 Å². The van der Waals surface area contributed by atoms with E-state index in [-0.39, 0.29) is 21.8 Å². The van der Waals surface area contributed by atoms with E-state index >= 15 is 0 Å². The Hall–Kier alpha value is -1.07. The quantitative estimate of drug-likeness (QED) is 0.738. The van der Waals surface area contributed by atoms with E-state index in [2.05, 4.69) is 15.9 Å². The third-order valence-electron chi connectivity index (χ3n) is 2.75. The Labute approximate surface area is 122 Å². The van der Waals surface area contributed by atoms with Crippen molar-refractivity contribution in [2.75, 3.05) is 0 Å². The monoisotopic (exact) mass is 348 g/mol. The van der Waals surface area contributed by atoms with E-state index in [1.54, 1.807) is 20.8 Å². The number of carbonyl (C=O) groups is 1. The molecular weight excluding hydrogens is 338 g/mol. The van der Waals surface area contributed by atoms with Crippen molar-refractivity contribution >= 4 is 44.5 Å². The first-order valence-corrected chi connectivity index (χ1v) is 6.65. The summed E-state index contributed by atoms with van der Waals surface area (Å²) in [6.07, 6.45) is 0. The first-order chi connectivity index (χ1) is 8.64. The van der Waals surface area contributed by atoms with Crippen LogP contribution >= 0.6 is 27.5 Å². The molecule has 0 amide bonds. The fourth-order valence-electron chi connectivity index (χ4n) is 2.03. The van der Waals surface area contributed by atoms with Gasteiger partial charge in [-0.05, 0) is 27.4 Å². The summed E-state index contributed by atoms with van der Waals surface area (Å²) in [5.41, 5.74) is -0.135. The summed E-state index contributed by atoms with van der Waals surface area (Å²) in [7, 11) is 0. The second-order valence-corrected chi connectivity index (χ2v) is 6.48. The van der Waals surface area contributed by atoms with Gasteiger partial charge in [-0.15, -0.1) is 0 Å². The maximum absolute atomic E-state index is 14.2. The Morgan fingerprint density at radius 2 is 2.05 bits per heavy atom. The van der Waals surface area contributed by atoms with Crippen molar-refractivity contribution in [2.24, 2.45) is 0 Å². The topological polar surface area (TPSA) is 50.4 Å². The molecule has 0 unspecified atom stereocenters. The largest absolute Gasteiger partial charge is 0.475 e. The molecule has 1 aromatic carbocycles. The minimum Gasteiger partial charge on any atom is -0.475 e. The van der Waals surface area contributed by atoms with E-state index in [4.69, 9.17) is 16.0 Å². The van der Waals surface area contributed by atoms with Gasteiger partial charge in [-0.25, -0.2) is 9.18 Å². The van der Waals surface area contributed by atoms with Gasteiger partial charge >= 0.3 is 5.97 Å². The van der Waals surface area contributed by atoms with Crippen LogP contribution in [0.15, 0.2) is 15.0 Å². The van der Waals surface area contributed by atoms with Crippen LogP contribution in [0.3, 0.4) is 0 Å². The van der Waals surface area contributed by atoms with Crippen LogP contribution in [-0.4, -0.2) is 11.1 Å². The number of furan rings is 1. The SMILES string of the molecule is CC(C)(C)c1c(C(=O)O)oc2c(Br)cc(Cl)c(F)c12. The molecule has 19 heavy (non-hydrogen) atoms. The molecule has 1 heterocycles. The Bertz CT molecular complexity index is 685. The van der Waals surface area contributed by atoms with Crippen molar-refractivity contribution in [3.63, 3.8) is 0 Å². The Morgan fingerprint density at radius 3 is 2.53 bits per heavy atom. The summed E-state index contributed by atoms with van der Waals surface area (Å²) < 4.78 is 20.0. The zero-order chi connectivity index (χ0) is 14.5. The average Bonchev–Trinajstić information content (AvgIpc) is 2.66. The molecule has 2 rings (SSSR count). The lowest BCUT2D eigenvalue weighted by Gasteiger charge is -2.18.